The van der Waals surface area contributed by atoms with Crippen molar-refractivity contribution in [2.45, 2.75) is 6.42 Å². The third-order valence-corrected chi connectivity index (χ3v) is 3.35. The number of aromatic carboxylic acids is 1. The highest BCUT2D eigenvalue weighted by Gasteiger charge is 2.36. The van der Waals surface area contributed by atoms with Crippen molar-refractivity contribution in [3.63, 3.8) is 0 Å². The van der Waals surface area contributed by atoms with Crippen LogP contribution in [0.4, 0.5) is 5.69 Å². The molecule has 0 bridgehead atoms. The highest BCUT2D eigenvalue weighted by molar-refractivity contribution is 6.00. The van der Waals surface area contributed by atoms with E-state index in [2.05, 4.69) is 4.74 Å². The minimum Gasteiger partial charge on any atom is -0.497 e. The molecule has 1 aliphatic heterocycles. The van der Waals surface area contributed by atoms with Gasteiger partial charge in [0.15, 0.2) is 0 Å². The molecule has 112 valence electrons. The van der Waals surface area contributed by atoms with Crippen LogP contribution in [-0.4, -0.2) is 43.7 Å². The van der Waals surface area contributed by atoms with Crippen LogP contribution in [0.1, 0.15) is 16.8 Å². The summed E-state index contributed by atoms with van der Waals surface area (Å²) in [5.74, 6) is -2.03. The van der Waals surface area contributed by atoms with Crippen LogP contribution in [0.5, 0.6) is 5.75 Å². The summed E-state index contributed by atoms with van der Waals surface area (Å²) in [5.41, 5.74) is 0.404. The summed E-state index contributed by atoms with van der Waals surface area (Å²) < 4.78 is 9.68. The fraction of sp³-hybridized carbons (Fsp3) is 0.357. The van der Waals surface area contributed by atoms with Gasteiger partial charge < -0.3 is 19.5 Å². The zero-order valence-electron chi connectivity index (χ0n) is 11.7. The van der Waals surface area contributed by atoms with Gasteiger partial charge in [0.2, 0.25) is 5.91 Å². The molecule has 1 N–H and O–H groups in total. The fourth-order valence-electron chi connectivity index (χ4n) is 2.26. The number of esters is 1. The molecule has 0 saturated carbocycles. The Hall–Kier alpha value is -2.57. The van der Waals surface area contributed by atoms with Crippen molar-refractivity contribution >= 4 is 23.5 Å². The molecule has 1 fully saturated rings. The molecule has 1 saturated heterocycles. The van der Waals surface area contributed by atoms with E-state index in [1.165, 1.54) is 31.3 Å². The second-order valence-electron chi connectivity index (χ2n) is 4.65. The third-order valence-electron chi connectivity index (χ3n) is 3.35. The van der Waals surface area contributed by atoms with Crippen molar-refractivity contribution in [1.29, 1.82) is 0 Å². The Bertz CT molecular complexity index is 597. The largest absolute Gasteiger partial charge is 0.497 e. The number of carbonyl (C=O) groups excluding carboxylic acids is 2. The van der Waals surface area contributed by atoms with Crippen molar-refractivity contribution in [2.24, 2.45) is 5.92 Å². The van der Waals surface area contributed by atoms with Gasteiger partial charge >= 0.3 is 11.9 Å². The molecule has 7 nitrogen and oxygen atoms in total. The third kappa shape index (κ3) is 2.96. The minimum absolute atomic E-state index is 0.0127. The summed E-state index contributed by atoms with van der Waals surface area (Å²) in [6, 6.07) is 4.30. The van der Waals surface area contributed by atoms with E-state index in [0.717, 1.165) is 0 Å². The van der Waals surface area contributed by atoms with E-state index in [9.17, 15) is 14.4 Å². The number of hydrogen-bond acceptors (Lipinski definition) is 5. The highest BCUT2D eigenvalue weighted by Crippen LogP contribution is 2.30. The van der Waals surface area contributed by atoms with Crippen LogP contribution in [0.25, 0.3) is 0 Å². The van der Waals surface area contributed by atoms with Gasteiger partial charge in [-0.05, 0) is 12.1 Å². The normalized spacial score (nSPS) is 17.7. The number of hydrogen-bond donors (Lipinski definition) is 1. The Kier molecular flexibility index (Phi) is 4.11. The van der Waals surface area contributed by atoms with Crippen molar-refractivity contribution < 1.29 is 29.0 Å². The number of carbonyl (C=O) groups is 3. The Labute approximate surface area is 121 Å². The van der Waals surface area contributed by atoms with Crippen LogP contribution in [0.15, 0.2) is 18.2 Å². The van der Waals surface area contributed by atoms with Gasteiger partial charge in [-0.1, -0.05) is 0 Å². The van der Waals surface area contributed by atoms with Gasteiger partial charge in [-0.2, -0.15) is 0 Å². The molecule has 7 heteroatoms. The van der Waals surface area contributed by atoms with Crippen molar-refractivity contribution in [3.8, 4) is 5.75 Å². The van der Waals surface area contributed by atoms with Crippen LogP contribution in [0.2, 0.25) is 0 Å². The molecule has 1 aliphatic rings. The van der Waals surface area contributed by atoms with E-state index < -0.39 is 17.9 Å². The molecule has 2 rings (SSSR count). The van der Waals surface area contributed by atoms with Crippen molar-refractivity contribution in [3.05, 3.63) is 23.8 Å². The lowest BCUT2D eigenvalue weighted by atomic mass is 10.1. The number of anilines is 1. The van der Waals surface area contributed by atoms with E-state index in [1.807, 2.05) is 0 Å². The molecule has 1 heterocycles. The average Bonchev–Trinajstić information content (AvgIpc) is 2.87. The number of nitrogens with zero attached hydrogens (tertiary/aromatic N) is 1. The topological polar surface area (TPSA) is 93.1 Å². The van der Waals surface area contributed by atoms with Gasteiger partial charge in [-0.25, -0.2) is 4.79 Å². The number of carboxylic acid groups (broad SMARTS) is 1. The van der Waals surface area contributed by atoms with Gasteiger partial charge in [0.05, 0.1) is 25.7 Å². The lowest BCUT2D eigenvalue weighted by Crippen LogP contribution is -2.26. The summed E-state index contributed by atoms with van der Waals surface area (Å²) in [6.45, 7) is 0.164. The summed E-state index contributed by atoms with van der Waals surface area (Å²) in [5, 5.41) is 9.08. The molecule has 1 unspecified atom stereocenters. The second kappa shape index (κ2) is 5.82. The molecular weight excluding hydrogens is 278 g/mol. The molecule has 1 aromatic rings. The molecule has 0 aliphatic carbocycles. The van der Waals surface area contributed by atoms with Gasteiger partial charge in [-0.15, -0.1) is 0 Å². The summed E-state index contributed by atoms with van der Waals surface area (Å²) in [7, 11) is 2.68. The van der Waals surface area contributed by atoms with Crippen LogP contribution < -0.4 is 9.64 Å². The first-order chi connectivity index (χ1) is 9.96. The average molecular weight is 293 g/mol. The standard InChI is InChI=1S/C14H15NO6/c1-20-11-4-8(13(17)18)3-10(6-11)15-7-9(5-12(15)16)14(19)21-2/h3-4,6,9H,5,7H2,1-2H3,(H,17,18). The Morgan fingerprint density at radius 2 is 2.00 bits per heavy atom. The maximum Gasteiger partial charge on any atom is 0.335 e. The first-order valence-corrected chi connectivity index (χ1v) is 6.26. The molecular formula is C14H15NO6. The predicted molar refractivity (Wildman–Crippen MR) is 72.4 cm³/mol. The predicted octanol–water partition coefficient (Wildman–Crippen LogP) is 0.919. The number of carboxylic acids is 1. The van der Waals surface area contributed by atoms with Gasteiger partial charge in [0.25, 0.3) is 0 Å². The molecule has 1 amide bonds. The molecule has 0 radical (unpaired) electrons. The number of benzene rings is 1. The van der Waals surface area contributed by atoms with Crippen LogP contribution >= 0.6 is 0 Å². The van der Waals surface area contributed by atoms with E-state index in [1.54, 1.807) is 6.07 Å². The van der Waals surface area contributed by atoms with Gasteiger partial charge in [-0.3, -0.25) is 9.59 Å². The van der Waals surface area contributed by atoms with E-state index in [0.29, 0.717) is 11.4 Å². The SMILES string of the molecule is COC(=O)C1CC(=O)N(c2cc(OC)cc(C(=O)O)c2)C1. The van der Waals surface area contributed by atoms with Crippen LogP contribution in [-0.2, 0) is 14.3 Å². The monoisotopic (exact) mass is 293 g/mol. The number of rotatable bonds is 4. The highest BCUT2D eigenvalue weighted by atomic mass is 16.5. The Balaban J connectivity index is 2.33. The first kappa shape index (κ1) is 14.8. The lowest BCUT2D eigenvalue weighted by molar-refractivity contribution is -0.145. The Morgan fingerprint density at radius 1 is 1.29 bits per heavy atom. The molecule has 0 spiro atoms. The number of ether oxygens (including phenoxy) is 2. The van der Waals surface area contributed by atoms with E-state index >= 15 is 0 Å². The number of methoxy groups -OCH3 is 2. The minimum atomic E-state index is -1.12. The van der Waals surface area contributed by atoms with Gasteiger partial charge in [0.1, 0.15) is 5.75 Å². The molecule has 21 heavy (non-hydrogen) atoms. The molecule has 0 aromatic heterocycles. The fourth-order valence-corrected chi connectivity index (χ4v) is 2.26. The molecule has 1 atom stereocenters. The lowest BCUT2D eigenvalue weighted by Gasteiger charge is -2.18. The van der Waals surface area contributed by atoms with Gasteiger partial charge in [0, 0.05) is 24.7 Å². The summed E-state index contributed by atoms with van der Waals surface area (Å²) in [4.78, 5) is 36.0. The van der Waals surface area contributed by atoms with Crippen molar-refractivity contribution in [2.75, 3.05) is 25.7 Å². The summed E-state index contributed by atoms with van der Waals surface area (Å²) >= 11 is 0. The zero-order valence-corrected chi connectivity index (χ0v) is 11.7. The smallest absolute Gasteiger partial charge is 0.335 e. The maximum absolute atomic E-state index is 12.0. The number of amides is 1. The van der Waals surface area contributed by atoms with E-state index in [4.69, 9.17) is 9.84 Å². The van der Waals surface area contributed by atoms with E-state index in [-0.39, 0.29) is 24.4 Å². The Morgan fingerprint density at radius 3 is 2.57 bits per heavy atom. The summed E-state index contributed by atoms with van der Waals surface area (Å²) in [6.07, 6.45) is 0.0479. The van der Waals surface area contributed by atoms with Crippen molar-refractivity contribution in [1.82, 2.24) is 0 Å². The second-order valence-corrected chi connectivity index (χ2v) is 4.65. The van der Waals surface area contributed by atoms with Crippen LogP contribution in [0, 0.1) is 5.92 Å². The first-order valence-electron chi connectivity index (χ1n) is 6.26. The maximum atomic E-state index is 12.0. The van der Waals surface area contributed by atoms with Crippen LogP contribution in [0.3, 0.4) is 0 Å². The quantitative estimate of drug-likeness (QED) is 0.830. The zero-order chi connectivity index (χ0) is 15.6. The molecule has 1 aromatic carbocycles.